The van der Waals surface area contributed by atoms with E-state index in [1.807, 2.05) is 0 Å². The first kappa shape index (κ1) is 27.6. The molecule has 0 fully saturated rings. The highest BCUT2D eigenvalue weighted by atomic mass is 16.3. The molecule has 244 valence electrons. The van der Waals surface area contributed by atoms with Crippen LogP contribution in [0.2, 0.25) is 0 Å². The van der Waals surface area contributed by atoms with Gasteiger partial charge in [-0.15, -0.1) is 0 Å². The van der Waals surface area contributed by atoms with Crippen molar-refractivity contribution in [1.82, 2.24) is 9.13 Å². The molecule has 0 bridgehead atoms. The zero-order valence-corrected chi connectivity index (χ0v) is 28.5. The fourth-order valence-electron chi connectivity index (χ4n) is 9.69. The van der Waals surface area contributed by atoms with Crippen LogP contribution in [-0.4, -0.2) is 9.13 Å². The second-order valence-corrected chi connectivity index (χ2v) is 14.4. The molecule has 0 radical (unpaired) electrons. The van der Waals surface area contributed by atoms with E-state index in [1.165, 1.54) is 93.1 Å². The Morgan fingerprint density at radius 2 is 1.02 bits per heavy atom. The van der Waals surface area contributed by atoms with E-state index < -0.39 is 0 Å². The number of benzene rings is 9. The van der Waals surface area contributed by atoms with Gasteiger partial charge in [0.25, 0.3) is 0 Å². The second kappa shape index (κ2) is 9.81. The lowest BCUT2D eigenvalue weighted by molar-refractivity contribution is 0.669. The molecule has 53 heavy (non-hydrogen) atoms. The van der Waals surface area contributed by atoms with Crippen LogP contribution in [0.1, 0.15) is 0 Å². The summed E-state index contributed by atoms with van der Waals surface area (Å²) in [6, 6.07) is 62.3. The van der Waals surface area contributed by atoms with Crippen LogP contribution in [0.15, 0.2) is 174 Å². The largest absolute Gasteiger partial charge is 0.456 e. The van der Waals surface area contributed by atoms with Gasteiger partial charge in [0.1, 0.15) is 11.2 Å². The molecule has 0 amide bonds. The van der Waals surface area contributed by atoms with E-state index >= 15 is 0 Å². The summed E-state index contributed by atoms with van der Waals surface area (Å²) in [5, 5.41) is 12.3. The van der Waals surface area contributed by atoms with Crippen molar-refractivity contribution in [3.63, 3.8) is 0 Å². The van der Waals surface area contributed by atoms with Crippen molar-refractivity contribution >= 4 is 87.1 Å². The molecule has 3 aromatic heterocycles. The van der Waals surface area contributed by atoms with E-state index in [4.69, 9.17) is 4.42 Å². The van der Waals surface area contributed by atoms with Gasteiger partial charge < -0.3 is 13.6 Å². The van der Waals surface area contributed by atoms with Gasteiger partial charge in [0.2, 0.25) is 0 Å². The lowest BCUT2D eigenvalue weighted by atomic mass is 10.0. The molecule has 13 rings (SSSR count). The van der Waals surface area contributed by atoms with E-state index in [2.05, 4.69) is 179 Å². The van der Waals surface area contributed by atoms with Crippen molar-refractivity contribution in [2.75, 3.05) is 0 Å². The van der Waals surface area contributed by atoms with Crippen LogP contribution < -0.4 is 0 Å². The number of rotatable bonds is 2. The Balaban J connectivity index is 1.24. The molecular formula is C50H28N2O. The number of hydrogen-bond acceptors (Lipinski definition) is 1. The average Bonchev–Trinajstić information content (AvgIpc) is 3.95. The number of hydrogen-bond donors (Lipinski definition) is 0. The number of aromatic nitrogens is 2. The maximum absolute atomic E-state index is 6.55. The van der Waals surface area contributed by atoms with Gasteiger partial charge >= 0.3 is 0 Å². The molecule has 0 aliphatic heterocycles. The molecule has 3 heterocycles. The summed E-state index contributed by atoms with van der Waals surface area (Å²) in [5.41, 5.74) is 14.1. The summed E-state index contributed by atoms with van der Waals surface area (Å²) in [5.74, 6) is 0. The van der Waals surface area contributed by atoms with Crippen LogP contribution in [0.4, 0.5) is 0 Å². The summed E-state index contributed by atoms with van der Waals surface area (Å²) in [6.07, 6.45) is 0. The van der Waals surface area contributed by atoms with Crippen molar-refractivity contribution in [3.05, 3.63) is 170 Å². The summed E-state index contributed by atoms with van der Waals surface area (Å²) in [6.45, 7) is 0. The Bertz CT molecular complexity index is 3560. The Kier molecular flexibility index (Phi) is 5.11. The molecule has 3 nitrogen and oxygen atoms in total. The molecule has 0 N–H and O–H groups in total. The van der Waals surface area contributed by atoms with Crippen LogP contribution >= 0.6 is 0 Å². The molecule has 1 aliphatic carbocycles. The maximum atomic E-state index is 6.55. The first-order chi connectivity index (χ1) is 26.3. The van der Waals surface area contributed by atoms with Crippen molar-refractivity contribution in [3.8, 4) is 33.6 Å². The Morgan fingerprint density at radius 3 is 1.91 bits per heavy atom. The number of furan rings is 1. The van der Waals surface area contributed by atoms with Gasteiger partial charge in [0, 0.05) is 38.0 Å². The molecule has 3 heteroatoms. The normalized spacial score (nSPS) is 12.5. The zero-order valence-electron chi connectivity index (χ0n) is 28.5. The van der Waals surface area contributed by atoms with Gasteiger partial charge in [0.15, 0.2) is 0 Å². The van der Waals surface area contributed by atoms with Crippen molar-refractivity contribution in [2.45, 2.75) is 0 Å². The van der Waals surface area contributed by atoms with Crippen LogP contribution in [0.5, 0.6) is 0 Å². The summed E-state index contributed by atoms with van der Waals surface area (Å²) < 4.78 is 11.6. The molecule has 0 spiro atoms. The molecule has 1 aliphatic rings. The highest BCUT2D eigenvalue weighted by Crippen LogP contribution is 2.50. The number of nitrogens with zero attached hydrogens (tertiary/aromatic N) is 2. The van der Waals surface area contributed by atoms with E-state index in [0.29, 0.717) is 0 Å². The standard InChI is InChI=1S/C50H28N2O/c1-2-14-32-29(10-1)11-9-20-41(32)52-42-19-5-3-15-38(42)47-43(52)26-24-36-37-25-27-45-48(39-16-4-6-21-44(39)53-45)50(37)51(49(36)47)31-22-23-33-34-17-7-12-30-13-8-18-35(46(30)34)40(33)28-31/h1-28H. The minimum absolute atomic E-state index is 0.899. The van der Waals surface area contributed by atoms with E-state index in [1.54, 1.807) is 0 Å². The third-order valence-corrected chi connectivity index (χ3v) is 11.8. The number of fused-ring (bicyclic) bond motifs is 15. The second-order valence-electron chi connectivity index (χ2n) is 14.4. The van der Waals surface area contributed by atoms with Gasteiger partial charge in [-0.3, -0.25) is 0 Å². The highest BCUT2D eigenvalue weighted by molar-refractivity contribution is 6.31. The summed E-state index contributed by atoms with van der Waals surface area (Å²) in [7, 11) is 0. The van der Waals surface area contributed by atoms with Gasteiger partial charge in [-0.05, 0) is 86.9 Å². The topological polar surface area (TPSA) is 23.0 Å². The van der Waals surface area contributed by atoms with Gasteiger partial charge in [-0.25, -0.2) is 0 Å². The zero-order chi connectivity index (χ0) is 34.4. The van der Waals surface area contributed by atoms with E-state index in [9.17, 15) is 0 Å². The predicted octanol–water partition coefficient (Wildman–Crippen LogP) is 13.7. The summed E-state index contributed by atoms with van der Waals surface area (Å²) in [4.78, 5) is 0. The monoisotopic (exact) mass is 672 g/mol. The molecule has 0 saturated heterocycles. The van der Waals surface area contributed by atoms with Crippen molar-refractivity contribution < 1.29 is 4.42 Å². The van der Waals surface area contributed by atoms with E-state index in [0.717, 1.165) is 27.6 Å². The molecule has 0 unspecified atom stereocenters. The number of para-hydroxylation sites is 2. The van der Waals surface area contributed by atoms with Gasteiger partial charge in [0.05, 0.1) is 33.1 Å². The molecule has 12 aromatic rings. The first-order valence-electron chi connectivity index (χ1n) is 18.3. The fourth-order valence-corrected chi connectivity index (χ4v) is 9.69. The van der Waals surface area contributed by atoms with Crippen molar-refractivity contribution in [2.24, 2.45) is 0 Å². The summed E-state index contributed by atoms with van der Waals surface area (Å²) >= 11 is 0. The minimum atomic E-state index is 0.899. The van der Waals surface area contributed by atoms with Crippen LogP contribution in [-0.2, 0) is 0 Å². The Hall–Kier alpha value is -7.10. The molecule has 0 saturated carbocycles. The first-order valence-corrected chi connectivity index (χ1v) is 18.3. The maximum Gasteiger partial charge on any atom is 0.137 e. The fraction of sp³-hybridized carbons (Fsp3) is 0. The smallest absolute Gasteiger partial charge is 0.137 e. The SMILES string of the molecule is c1ccc2c(-n3c4ccccc4c4c3ccc3c5ccc6oc7ccccc7c6c5n(-c5ccc6c(c5)-c5cccc7cccc-6c57)c34)cccc2c1. The lowest BCUT2D eigenvalue weighted by Crippen LogP contribution is -1.97. The molecule has 0 atom stereocenters. The predicted molar refractivity (Wildman–Crippen MR) is 222 cm³/mol. The quantitative estimate of drug-likeness (QED) is 0.179. The average molecular weight is 673 g/mol. The third-order valence-electron chi connectivity index (χ3n) is 11.8. The highest BCUT2D eigenvalue weighted by Gasteiger charge is 2.26. The van der Waals surface area contributed by atoms with Crippen LogP contribution in [0, 0.1) is 0 Å². The Morgan fingerprint density at radius 1 is 0.340 bits per heavy atom. The van der Waals surface area contributed by atoms with E-state index in [-0.39, 0.29) is 0 Å². The molecular weight excluding hydrogens is 645 g/mol. The molecule has 9 aromatic carbocycles. The van der Waals surface area contributed by atoms with Gasteiger partial charge in [-0.2, -0.15) is 0 Å². The van der Waals surface area contributed by atoms with Crippen LogP contribution in [0.3, 0.4) is 0 Å². The van der Waals surface area contributed by atoms with Crippen molar-refractivity contribution in [1.29, 1.82) is 0 Å². The Labute approximate surface area is 303 Å². The van der Waals surface area contributed by atoms with Gasteiger partial charge in [-0.1, -0.05) is 121 Å². The van der Waals surface area contributed by atoms with Crippen LogP contribution in [0.25, 0.3) is 121 Å². The lowest BCUT2D eigenvalue weighted by Gasteiger charge is -2.13. The minimum Gasteiger partial charge on any atom is -0.456 e. The third kappa shape index (κ3) is 3.44.